The molecule has 2 aromatic rings. The van der Waals surface area contributed by atoms with Crippen molar-refractivity contribution in [2.75, 3.05) is 26.2 Å². The number of morpholine rings is 1. The van der Waals surface area contributed by atoms with E-state index in [1.807, 2.05) is 19.1 Å². The van der Waals surface area contributed by atoms with E-state index < -0.39 is 0 Å². The normalized spacial score (nSPS) is 20.0. The summed E-state index contributed by atoms with van der Waals surface area (Å²) in [6.45, 7) is 5.43. The number of hydrogen-bond acceptors (Lipinski definition) is 5. The van der Waals surface area contributed by atoms with Gasteiger partial charge in [-0.15, -0.1) is 0 Å². The Morgan fingerprint density at radius 1 is 1.52 bits per heavy atom. The number of aromatic nitrogens is 2. The van der Waals surface area contributed by atoms with Gasteiger partial charge in [0.05, 0.1) is 18.4 Å². The van der Waals surface area contributed by atoms with Gasteiger partial charge in [-0.1, -0.05) is 6.07 Å². The molecule has 0 aliphatic carbocycles. The van der Waals surface area contributed by atoms with Crippen molar-refractivity contribution in [2.24, 2.45) is 5.73 Å². The number of aryl methyl sites for hydroxylation is 1. The lowest BCUT2D eigenvalue weighted by Crippen LogP contribution is -2.45. The summed E-state index contributed by atoms with van der Waals surface area (Å²) in [6.07, 6.45) is 1.82. The van der Waals surface area contributed by atoms with Crippen LogP contribution in [0, 0.1) is 6.92 Å². The molecule has 3 rings (SSSR count). The van der Waals surface area contributed by atoms with E-state index in [9.17, 15) is 4.79 Å². The molecule has 1 aliphatic rings. The molecule has 1 aliphatic heterocycles. The first-order chi connectivity index (χ1) is 10.2. The van der Waals surface area contributed by atoms with E-state index in [-0.39, 0.29) is 11.7 Å². The molecule has 3 heterocycles. The molecule has 2 N–H and O–H groups in total. The molecule has 21 heavy (non-hydrogen) atoms. The molecule has 0 spiro atoms. The van der Waals surface area contributed by atoms with Crippen LogP contribution in [0.2, 0.25) is 0 Å². The third kappa shape index (κ3) is 2.97. The Balaban J connectivity index is 1.87. The number of fused-ring (bicyclic) bond motifs is 1. The Morgan fingerprint density at radius 2 is 2.38 bits per heavy atom. The van der Waals surface area contributed by atoms with Crippen LogP contribution >= 0.6 is 0 Å². The molecular weight excluding hydrogens is 268 g/mol. The fourth-order valence-electron chi connectivity index (χ4n) is 2.69. The summed E-state index contributed by atoms with van der Waals surface area (Å²) >= 11 is 0. The van der Waals surface area contributed by atoms with Gasteiger partial charge in [-0.25, -0.2) is 4.98 Å². The maximum absolute atomic E-state index is 12.2. The minimum Gasteiger partial charge on any atom is -0.374 e. The van der Waals surface area contributed by atoms with Crippen molar-refractivity contribution in [1.82, 2.24) is 14.3 Å². The Morgan fingerprint density at radius 3 is 3.19 bits per heavy atom. The number of ether oxygens (including phenoxy) is 1. The molecule has 0 aromatic carbocycles. The molecule has 1 atom stereocenters. The highest BCUT2D eigenvalue weighted by atomic mass is 16.5. The minimum atomic E-state index is -0.0395. The Hall–Kier alpha value is -1.76. The summed E-state index contributed by atoms with van der Waals surface area (Å²) in [7, 11) is 0. The van der Waals surface area contributed by atoms with E-state index in [0.717, 1.165) is 30.0 Å². The maximum Gasteiger partial charge on any atom is 0.258 e. The molecular formula is C15H20N4O2. The SMILES string of the molecule is Cc1cccn2c(=O)cc(CN3CCOC(CN)C3)nc12. The number of nitrogens with zero attached hydrogens (tertiary/aromatic N) is 3. The van der Waals surface area contributed by atoms with E-state index in [2.05, 4.69) is 9.88 Å². The van der Waals surface area contributed by atoms with Crippen LogP contribution in [0.4, 0.5) is 0 Å². The average molecular weight is 288 g/mol. The number of nitrogens with two attached hydrogens (primary N) is 1. The van der Waals surface area contributed by atoms with Crippen LogP contribution in [0.5, 0.6) is 0 Å². The van der Waals surface area contributed by atoms with Gasteiger partial charge in [0.2, 0.25) is 0 Å². The monoisotopic (exact) mass is 288 g/mol. The third-order valence-electron chi connectivity index (χ3n) is 3.81. The zero-order chi connectivity index (χ0) is 14.8. The quantitative estimate of drug-likeness (QED) is 0.871. The average Bonchev–Trinajstić information content (AvgIpc) is 2.49. The van der Waals surface area contributed by atoms with Gasteiger partial charge in [0.15, 0.2) is 0 Å². The van der Waals surface area contributed by atoms with Crippen molar-refractivity contribution < 1.29 is 4.74 Å². The van der Waals surface area contributed by atoms with Gasteiger partial charge < -0.3 is 10.5 Å². The lowest BCUT2D eigenvalue weighted by molar-refractivity contribution is -0.0264. The second kappa shape index (κ2) is 5.93. The van der Waals surface area contributed by atoms with Crippen LogP contribution in [0.1, 0.15) is 11.3 Å². The molecule has 1 saturated heterocycles. The molecule has 6 nitrogen and oxygen atoms in total. The van der Waals surface area contributed by atoms with Gasteiger partial charge in [-0.3, -0.25) is 14.1 Å². The largest absolute Gasteiger partial charge is 0.374 e. The zero-order valence-corrected chi connectivity index (χ0v) is 12.2. The van der Waals surface area contributed by atoms with Crippen LogP contribution < -0.4 is 11.3 Å². The Bertz CT molecular complexity index is 698. The van der Waals surface area contributed by atoms with Gasteiger partial charge >= 0.3 is 0 Å². The van der Waals surface area contributed by atoms with Crippen LogP contribution in [0.3, 0.4) is 0 Å². The maximum atomic E-state index is 12.2. The van der Waals surface area contributed by atoms with Crippen LogP contribution in [0.25, 0.3) is 5.65 Å². The van der Waals surface area contributed by atoms with Crippen molar-refractivity contribution in [3.05, 3.63) is 46.0 Å². The van der Waals surface area contributed by atoms with Crippen molar-refractivity contribution in [2.45, 2.75) is 19.6 Å². The van der Waals surface area contributed by atoms with Gasteiger partial charge in [0.1, 0.15) is 5.65 Å². The fourth-order valence-corrected chi connectivity index (χ4v) is 2.69. The lowest BCUT2D eigenvalue weighted by atomic mass is 10.2. The van der Waals surface area contributed by atoms with E-state index in [4.69, 9.17) is 10.5 Å². The van der Waals surface area contributed by atoms with E-state index in [1.165, 1.54) is 0 Å². The molecule has 0 amide bonds. The summed E-state index contributed by atoms with van der Waals surface area (Å²) in [5.74, 6) is 0. The van der Waals surface area contributed by atoms with Gasteiger partial charge in [0, 0.05) is 38.4 Å². The highest BCUT2D eigenvalue weighted by molar-refractivity contribution is 5.46. The zero-order valence-electron chi connectivity index (χ0n) is 12.2. The molecule has 2 aromatic heterocycles. The molecule has 0 bridgehead atoms. The van der Waals surface area contributed by atoms with E-state index in [0.29, 0.717) is 19.7 Å². The molecule has 1 unspecified atom stereocenters. The summed E-state index contributed by atoms with van der Waals surface area (Å²) < 4.78 is 7.14. The number of rotatable bonds is 3. The van der Waals surface area contributed by atoms with Crippen LogP contribution in [0.15, 0.2) is 29.2 Å². The third-order valence-corrected chi connectivity index (χ3v) is 3.81. The number of pyridine rings is 1. The first kappa shape index (κ1) is 14.2. The van der Waals surface area contributed by atoms with Gasteiger partial charge in [-0.05, 0) is 18.6 Å². The predicted molar refractivity (Wildman–Crippen MR) is 80.3 cm³/mol. The van der Waals surface area contributed by atoms with Gasteiger partial charge in [-0.2, -0.15) is 0 Å². The summed E-state index contributed by atoms with van der Waals surface area (Å²) in [5, 5.41) is 0. The molecule has 6 heteroatoms. The molecule has 112 valence electrons. The van der Waals surface area contributed by atoms with E-state index in [1.54, 1.807) is 16.7 Å². The van der Waals surface area contributed by atoms with Crippen molar-refractivity contribution in [1.29, 1.82) is 0 Å². The number of hydrogen-bond donors (Lipinski definition) is 1. The highest BCUT2D eigenvalue weighted by Gasteiger charge is 2.20. The first-order valence-electron chi connectivity index (χ1n) is 7.19. The molecule has 0 radical (unpaired) electrons. The summed E-state index contributed by atoms with van der Waals surface area (Å²) in [5.41, 5.74) is 8.14. The van der Waals surface area contributed by atoms with Crippen molar-refractivity contribution in [3.8, 4) is 0 Å². The van der Waals surface area contributed by atoms with Crippen molar-refractivity contribution >= 4 is 5.65 Å². The highest BCUT2D eigenvalue weighted by Crippen LogP contribution is 2.10. The lowest BCUT2D eigenvalue weighted by Gasteiger charge is -2.31. The summed E-state index contributed by atoms with van der Waals surface area (Å²) in [4.78, 5) is 19.0. The van der Waals surface area contributed by atoms with Gasteiger partial charge in [0.25, 0.3) is 5.56 Å². The van der Waals surface area contributed by atoms with Crippen LogP contribution in [-0.2, 0) is 11.3 Å². The Labute approximate surface area is 123 Å². The van der Waals surface area contributed by atoms with Crippen LogP contribution in [-0.4, -0.2) is 46.6 Å². The minimum absolute atomic E-state index is 0.0395. The molecule has 0 saturated carbocycles. The second-order valence-electron chi connectivity index (χ2n) is 5.43. The smallest absolute Gasteiger partial charge is 0.258 e. The van der Waals surface area contributed by atoms with E-state index >= 15 is 0 Å². The second-order valence-corrected chi connectivity index (χ2v) is 5.43. The standard InChI is InChI=1S/C15H20N4O2/c1-11-3-2-4-19-14(20)7-12(17-15(11)19)9-18-5-6-21-13(8-16)10-18/h2-4,7,13H,5-6,8-10,16H2,1H3. The van der Waals surface area contributed by atoms with Crippen molar-refractivity contribution in [3.63, 3.8) is 0 Å². The topological polar surface area (TPSA) is 72.9 Å². The predicted octanol–water partition coefficient (Wildman–Crippen LogP) is 0.162. The molecule has 1 fully saturated rings. The fraction of sp³-hybridized carbons (Fsp3) is 0.467. The first-order valence-corrected chi connectivity index (χ1v) is 7.19. The Kier molecular flexibility index (Phi) is 4.01. The summed E-state index contributed by atoms with van der Waals surface area (Å²) in [6, 6.07) is 5.43.